The minimum Gasteiger partial charge on any atom is -0.495 e. The number of carbonyl (C=O) groups is 1. The Kier molecular flexibility index (Phi) is 8.42. The molecular formula is C22H28N2O6S. The quantitative estimate of drug-likeness (QED) is 0.559. The second-order valence-corrected chi connectivity index (χ2v) is 8.94. The predicted octanol–water partition coefficient (Wildman–Crippen LogP) is 2.05. The van der Waals surface area contributed by atoms with E-state index in [0.29, 0.717) is 39.4 Å². The SMILES string of the molecule is COc1ccc(C(=O)NCCCOCc2ccccc2)cc1S(=O)(=O)N1CCOCC1. The summed E-state index contributed by atoms with van der Waals surface area (Å²) in [6.45, 7) is 2.67. The number of sulfonamides is 1. The van der Waals surface area contributed by atoms with E-state index in [1.807, 2.05) is 30.3 Å². The first-order chi connectivity index (χ1) is 15.0. The van der Waals surface area contributed by atoms with Crippen molar-refractivity contribution in [2.45, 2.75) is 17.9 Å². The number of morpholine rings is 1. The third kappa shape index (κ3) is 6.27. The first-order valence-electron chi connectivity index (χ1n) is 10.2. The number of hydrogen-bond acceptors (Lipinski definition) is 6. The van der Waals surface area contributed by atoms with E-state index in [2.05, 4.69) is 5.32 Å². The first kappa shape index (κ1) is 23.2. The number of nitrogens with zero attached hydrogens (tertiary/aromatic N) is 1. The molecule has 0 atom stereocenters. The Labute approximate surface area is 183 Å². The van der Waals surface area contributed by atoms with Crippen LogP contribution in [0.25, 0.3) is 0 Å². The molecule has 1 amide bonds. The standard InChI is InChI=1S/C22H28N2O6S/c1-28-20-9-8-19(16-21(20)31(26,27)24-11-14-29-15-12-24)22(25)23-10-5-13-30-17-18-6-3-2-4-7-18/h2-4,6-9,16H,5,10-15,17H2,1H3,(H,23,25). The fraction of sp³-hybridized carbons (Fsp3) is 0.409. The van der Waals surface area contributed by atoms with Gasteiger partial charge in [-0.25, -0.2) is 8.42 Å². The Morgan fingerprint density at radius 3 is 2.58 bits per heavy atom. The molecule has 1 saturated heterocycles. The highest BCUT2D eigenvalue weighted by Crippen LogP contribution is 2.28. The fourth-order valence-corrected chi connectivity index (χ4v) is 4.78. The first-order valence-corrected chi connectivity index (χ1v) is 11.6. The number of ether oxygens (including phenoxy) is 3. The molecule has 2 aromatic rings. The minimum absolute atomic E-state index is 0.0178. The molecule has 0 aliphatic carbocycles. The highest BCUT2D eigenvalue weighted by molar-refractivity contribution is 7.89. The highest BCUT2D eigenvalue weighted by Gasteiger charge is 2.30. The van der Waals surface area contributed by atoms with Gasteiger partial charge in [-0.05, 0) is 30.2 Å². The Balaban J connectivity index is 1.55. The van der Waals surface area contributed by atoms with Gasteiger partial charge in [-0.3, -0.25) is 4.79 Å². The Hall–Kier alpha value is -2.46. The van der Waals surface area contributed by atoms with Crippen molar-refractivity contribution >= 4 is 15.9 Å². The summed E-state index contributed by atoms with van der Waals surface area (Å²) in [6, 6.07) is 14.3. The number of nitrogens with one attached hydrogen (secondary N) is 1. The van der Waals surface area contributed by atoms with Crippen LogP contribution >= 0.6 is 0 Å². The third-order valence-electron chi connectivity index (χ3n) is 4.88. The summed E-state index contributed by atoms with van der Waals surface area (Å²) in [5.41, 5.74) is 1.36. The van der Waals surface area contributed by atoms with Gasteiger partial charge in [0.05, 0.1) is 26.9 Å². The Bertz CT molecular complexity index is 959. The van der Waals surface area contributed by atoms with Crippen LogP contribution in [-0.2, 0) is 26.1 Å². The number of hydrogen-bond donors (Lipinski definition) is 1. The van der Waals surface area contributed by atoms with Crippen LogP contribution in [0.4, 0.5) is 0 Å². The van der Waals surface area contributed by atoms with Crippen molar-refractivity contribution < 1.29 is 27.4 Å². The predicted molar refractivity (Wildman–Crippen MR) is 116 cm³/mol. The molecular weight excluding hydrogens is 420 g/mol. The molecule has 168 valence electrons. The molecule has 0 aromatic heterocycles. The van der Waals surface area contributed by atoms with E-state index < -0.39 is 10.0 Å². The zero-order valence-electron chi connectivity index (χ0n) is 17.6. The van der Waals surface area contributed by atoms with Gasteiger partial charge in [0.2, 0.25) is 10.0 Å². The summed E-state index contributed by atoms with van der Waals surface area (Å²) in [7, 11) is -2.39. The molecule has 1 N–H and O–H groups in total. The topological polar surface area (TPSA) is 94.2 Å². The van der Waals surface area contributed by atoms with E-state index in [9.17, 15) is 13.2 Å². The second-order valence-electron chi connectivity index (χ2n) is 7.03. The van der Waals surface area contributed by atoms with Crippen LogP contribution in [0, 0.1) is 0 Å². The number of methoxy groups -OCH3 is 1. The molecule has 1 fully saturated rings. The average molecular weight is 449 g/mol. The summed E-state index contributed by atoms with van der Waals surface area (Å²) >= 11 is 0. The lowest BCUT2D eigenvalue weighted by atomic mass is 10.2. The smallest absolute Gasteiger partial charge is 0.251 e. The van der Waals surface area contributed by atoms with Gasteiger partial charge in [0.25, 0.3) is 5.91 Å². The summed E-state index contributed by atoms with van der Waals surface area (Å²) in [5, 5.41) is 2.81. The maximum Gasteiger partial charge on any atom is 0.251 e. The van der Waals surface area contributed by atoms with Crippen molar-refractivity contribution in [1.82, 2.24) is 9.62 Å². The van der Waals surface area contributed by atoms with Crippen molar-refractivity contribution in [2.75, 3.05) is 46.6 Å². The van der Waals surface area contributed by atoms with E-state index in [0.717, 1.165) is 5.56 Å². The lowest BCUT2D eigenvalue weighted by Crippen LogP contribution is -2.40. The van der Waals surface area contributed by atoms with Gasteiger partial charge in [-0.1, -0.05) is 30.3 Å². The zero-order chi connectivity index (χ0) is 22.1. The Morgan fingerprint density at radius 1 is 1.13 bits per heavy atom. The number of benzene rings is 2. The zero-order valence-corrected chi connectivity index (χ0v) is 18.4. The van der Waals surface area contributed by atoms with Crippen LogP contribution in [-0.4, -0.2) is 65.2 Å². The van der Waals surface area contributed by atoms with Gasteiger partial charge < -0.3 is 19.5 Å². The molecule has 1 aliphatic rings. The lowest BCUT2D eigenvalue weighted by molar-refractivity contribution is 0.0729. The average Bonchev–Trinajstić information content (AvgIpc) is 2.82. The maximum absolute atomic E-state index is 13.0. The molecule has 31 heavy (non-hydrogen) atoms. The van der Waals surface area contributed by atoms with Crippen LogP contribution in [0.2, 0.25) is 0 Å². The van der Waals surface area contributed by atoms with E-state index in [1.165, 1.54) is 23.5 Å². The highest BCUT2D eigenvalue weighted by atomic mass is 32.2. The van der Waals surface area contributed by atoms with Crippen LogP contribution in [0.1, 0.15) is 22.3 Å². The molecule has 0 spiro atoms. The van der Waals surface area contributed by atoms with Gasteiger partial charge >= 0.3 is 0 Å². The van der Waals surface area contributed by atoms with Crippen molar-refractivity contribution in [1.29, 1.82) is 0 Å². The van der Waals surface area contributed by atoms with E-state index >= 15 is 0 Å². The van der Waals surface area contributed by atoms with Crippen LogP contribution in [0.15, 0.2) is 53.4 Å². The summed E-state index contributed by atoms with van der Waals surface area (Å²) < 4.78 is 43.5. The number of rotatable bonds is 10. The fourth-order valence-electron chi connectivity index (χ4n) is 3.19. The van der Waals surface area contributed by atoms with Crippen molar-refractivity contribution in [3.05, 3.63) is 59.7 Å². The van der Waals surface area contributed by atoms with E-state index in [1.54, 1.807) is 6.07 Å². The van der Waals surface area contributed by atoms with Gasteiger partial charge in [-0.15, -0.1) is 0 Å². The monoisotopic (exact) mass is 448 g/mol. The molecule has 3 rings (SSSR count). The summed E-state index contributed by atoms with van der Waals surface area (Å²) in [6.07, 6.45) is 0.646. The van der Waals surface area contributed by atoms with Crippen molar-refractivity contribution in [3.8, 4) is 5.75 Å². The molecule has 0 bridgehead atoms. The third-order valence-corrected chi connectivity index (χ3v) is 6.80. The molecule has 1 heterocycles. The minimum atomic E-state index is -3.79. The van der Waals surface area contributed by atoms with Gasteiger partial charge in [0, 0.05) is 31.8 Å². The molecule has 0 unspecified atom stereocenters. The molecule has 1 aliphatic heterocycles. The van der Waals surface area contributed by atoms with Crippen LogP contribution < -0.4 is 10.1 Å². The van der Waals surface area contributed by atoms with Crippen LogP contribution in [0.3, 0.4) is 0 Å². The molecule has 8 nitrogen and oxygen atoms in total. The van der Waals surface area contributed by atoms with Crippen LogP contribution in [0.5, 0.6) is 5.75 Å². The second kappa shape index (κ2) is 11.2. The van der Waals surface area contributed by atoms with Gasteiger partial charge in [0.1, 0.15) is 10.6 Å². The molecule has 0 saturated carbocycles. The number of amides is 1. The molecule has 0 radical (unpaired) electrons. The largest absolute Gasteiger partial charge is 0.495 e. The van der Waals surface area contributed by atoms with Gasteiger partial charge in [0.15, 0.2) is 0 Å². The normalized spacial score (nSPS) is 14.9. The van der Waals surface area contributed by atoms with Crippen molar-refractivity contribution in [2.24, 2.45) is 0 Å². The summed E-state index contributed by atoms with van der Waals surface area (Å²) in [4.78, 5) is 12.5. The summed E-state index contributed by atoms with van der Waals surface area (Å²) in [5.74, 6) is -0.138. The van der Waals surface area contributed by atoms with E-state index in [4.69, 9.17) is 14.2 Å². The number of carbonyl (C=O) groups excluding carboxylic acids is 1. The Morgan fingerprint density at radius 2 is 1.87 bits per heavy atom. The maximum atomic E-state index is 13.0. The lowest BCUT2D eigenvalue weighted by Gasteiger charge is -2.26. The molecule has 2 aromatic carbocycles. The molecule has 9 heteroatoms. The van der Waals surface area contributed by atoms with E-state index in [-0.39, 0.29) is 35.2 Å². The van der Waals surface area contributed by atoms with Crippen molar-refractivity contribution in [3.63, 3.8) is 0 Å². The van der Waals surface area contributed by atoms with Gasteiger partial charge in [-0.2, -0.15) is 4.31 Å².